The van der Waals surface area contributed by atoms with Crippen LogP contribution >= 0.6 is 0 Å². The van der Waals surface area contributed by atoms with Crippen LogP contribution in [0.25, 0.3) is 0 Å². The largest absolute Gasteiger partial charge is 0.457 e. The van der Waals surface area contributed by atoms with Crippen LogP contribution in [0.5, 0.6) is 11.5 Å². The number of carbonyl (C=O) groups is 1. The summed E-state index contributed by atoms with van der Waals surface area (Å²) in [5, 5.41) is 16.2. The first-order valence-corrected chi connectivity index (χ1v) is 9.86. The maximum atomic E-state index is 12.5. The Hall–Kier alpha value is -3.93. The topological polar surface area (TPSA) is 83.3 Å². The van der Waals surface area contributed by atoms with E-state index in [4.69, 9.17) is 9.94 Å². The molecule has 3 aromatic rings. The first-order valence-electron chi connectivity index (χ1n) is 9.86. The molecule has 0 aliphatic rings. The van der Waals surface area contributed by atoms with Gasteiger partial charge in [-0.15, -0.1) is 0 Å². The van der Waals surface area contributed by atoms with Crippen LogP contribution in [-0.4, -0.2) is 23.0 Å². The van der Waals surface area contributed by atoms with Crippen molar-refractivity contribution in [3.63, 3.8) is 0 Å². The fourth-order valence-corrected chi connectivity index (χ4v) is 2.84. The number of ether oxygens (including phenoxy) is 1. The predicted octanol–water partition coefficient (Wildman–Crippen LogP) is 5.37. The van der Waals surface area contributed by atoms with Crippen LogP contribution in [0.2, 0.25) is 0 Å². The minimum Gasteiger partial charge on any atom is -0.457 e. The van der Waals surface area contributed by atoms with Gasteiger partial charge in [-0.1, -0.05) is 56.3 Å². The molecule has 0 fully saturated rings. The lowest BCUT2D eigenvalue weighted by atomic mass is 9.87. The zero-order chi connectivity index (χ0) is 22.3. The van der Waals surface area contributed by atoms with E-state index < -0.39 is 0 Å². The van der Waals surface area contributed by atoms with Gasteiger partial charge < -0.3 is 9.94 Å². The van der Waals surface area contributed by atoms with Crippen LogP contribution in [-0.2, 0) is 5.41 Å². The second kappa shape index (κ2) is 9.71. The highest BCUT2D eigenvalue weighted by Crippen LogP contribution is 2.23. The van der Waals surface area contributed by atoms with E-state index in [1.165, 1.54) is 0 Å². The molecule has 0 aliphatic carbocycles. The molecular weight excluding hydrogens is 390 g/mol. The summed E-state index contributed by atoms with van der Waals surface area (Å²) >= 11 is 0. The number of benzene rings is 3. The molecule has 3 aromatic carbocycles. The highest BCUT2D eigenvalue weighted by molar-refractivity contribution is 6.38. The Kier molecular flexibility index (Phi) is 6.82. The Morgan fingerprint density at radius 2 is 1.45 bits per heavy atom. The van der Waals surface area contributed by atoms with Crippen molar-refractivity contribution >= 4 is 17.8 Å². The fourth-order valence-electron chi connectivity index (χ4n) is 2.84. The predicted molar refractivity (Wildman–Crippen MR) is 122 cm³/mol. The first-order chi connectivity index (χ1) is 14.9. The van der Waals surface area contributed by atoms with Crippen molar-refractivity contribution in [3.8, 4) is 11.5 Å². The quantitative estimate of drug-likeness (QED) is 0.322. The van der Waals surface area contributed by atoms with Crippen LogP contribution in [0.4, 0.5) is 0 Å². The average molecular weight is 415 g/mol. The third-order valence-electron chi connectivity index (χ3n) is 4.60. The van der Waals surface area contributed by atoms with Crippen molar-refractivity contribution < 1.29 is 14.7 Å². The van der Waals surface area contributed by atoms with Crippen LogP contribution in [0, 0.1) is 0 Å². The molecule has 0 saturated heterocycles. The average Bonchev–Trinajstić information content (AvgIpc) is 2.77. The minimum absolute atomic E-state index is 0.00824. The van der Waals surface area contributed by atoms with Crippen molar-refractivity contribution in [3.05, 3.63) is 95.6 Å². The number of para-hydroxylation sites is 1. The van der Waals surface area contributed by atoms with Crippen molar-refractivity contribution in [2.45, 2.75) is 26.2 Å². The van der Waals surface area contributed by atoms with E-state index in [-0.39, 0.29) is 11.3 Å². The molecule has 0 bridgehead atoms. The number of nitrogens with zero attached hydrogens (tertiary/aromatic N) is 2. The van der Waals surface area contributed by atoms with Gasteiger partial charge in [-0.2, -0.15) is 5.10 Å². The number of hydrogen-bond acceptors (Lipinski definition) is 5. The van der Waals surface area contributed by atoms with Gasteiger partial charge in [0.15, 0.2) is 0 Å². The highest BCUT2D eigenvalue weighted by Gasteiger charge is 2.14. The summed E-state index contributed by atoms with van der Waals surface area (Å²) in [7, 11) is 0. The standard InChI is InChI=1S/C25H25N3O3/c1-25(2,3)20-13-9-19(10-14-20)24(29)28-27-23(17-26-30)18-11-15-22(16-12-18)31-21-7-5-4-6-8-21/h4-17,30H,1-3H3,(H,28,29)/b26-17+,27-23+. The monoisotopic (exact) mass is 415 g/mol. The number of nitrogens with one attached hydrogen (secondary N) is 1. The number of hydrogen-bond donors (Lipinski definition) is 2. The molecule has 0 spiro atoms. The Labute approximate surface area is 181 Å². The molecule has 6 heteroatoms. The van der Waals surface area contributed by atoms with Crippen molar-refractivity contribution in [2.24, 2.45) is 10.3 Å². The number of rotatable bonds is 6. The van der Waals surface area contributed by atoms with Crippen LogP contribution in [0.3, 0.4) is 0 Å². The number of oxime groups is 1. The molecule has 6 nitrogen and oxygen atoms in total. The second-order valence-electron chi connectivity index (χ2n) is 7.95. The van der Waals surface area contributed by atoms with E-state index >= 15 is 0 Å². The van der Waals surface area contributed by atoms with E-state index in [0.717, 1.165) is 17.5 Å². The Balaban J connectivity index is 1.71. The van der Waals surface area contributed by atoms with E-state index in [1.54, 1.807) is 36.4 Å². The zero-order valence-corrected chi connectivity index (χ0v) is 17.7. The van der Waals surface area contributed by atoms with Gasteiger partial charge in [0.25, 0.3) is 5.91 Å². The van der Waals surface area contributed by atoms with Crippen molar-refractivity contribution in [1.29, 1.82) is 0 Å². The molecule has 1 amide bonds. The molecule has 0 atom stereocenters. The Morgan fingerprint density at radius 1 is 0.871 bits per heavy atom. The number of hydrazone groups is 1. The van der Waals surface area contributed by atoms with E-state index in [2.05, 4.69) is 36.5 Å². The molecule has 2 N–H and O–H groups in total. The van der Waals surface area contributed by atoms with Gasteiger partial charge in [0.1, 0.15) is 17.2 Å². The third-order valence-corrected chi connectivity index (χ3v) is 4.60. The van der Waals surface area contributed by atoms with E-state index in [9.17, 15) is 4.79 Å². The van der Waals surface area contributed by atoms with Crippen molar-refractivity contribution in [1.82, 2.24) is 5.43 Å². The molecule has 0 saturated carbocycles. The lowest BCUT2D eigenvalue weighted by molar-refractivity contribution is 0.0955. The maximum Gasteiger partial charge on any atom is 0.271 e. The summed E-state index contributed by atoms with van der Waals surface area (Å²) in [5.41, 5.74) is 5.10. The lowest BCUT2D eigenvalue weighted by Crippen LogP contribution is -2.21. The third kappa shape index (κ3) is 6.02. The summed E-state index contributed by atoms with van der Waals surface area (Å²) in [4.78, 5) is 12.5. The summed E-state index contributed by atoms with van der Waals surface area (Å²) in [5.74, 6) is 1.03. The molecule has 3 rings (SSSR count). The van der Waals surface area contributed by atoms with Gasteiger partial charge >= 0.3 is 0 Å². The van der Waals surface area contributed by atoms with Crippen molar-refractivity contribution in [2.75, 3.05) is 0 Å². The maximum absolute atomic E-state index is 12.5. The summed E-state index contributed by atoms with van der Waals surface area (Å²) < 4.78 is 5.77. The molecule has 0 aromatic heterocycles. The van der Waals surface area contributed by atoms with E-state index in [1.807, 2.05) is 42.5 Å². The number of amides is 1. The molecular formula is C25H25N3O3. The molecule has 0 radical (unpaired) electrons. The second-order valence-corrected chi connectivity index (χ2v) is 7.95. The van der Waals surface area contributed by atoms with Crippen LogP contribution in [0.1, 0.15) is 42.3 Å². The minimum atomic E-state index is -0.353. The van der Waals surface area contributed by atoms with Gasteiger partial charge in [0.2, 0.25) is 0 Å². The molecule has 0 unspecified atom stereocenters. The fraction of sp³-hybridized carbons (Fsp3) is 0.160. The Bertz CT molecular complexity index is 1070. The lowest BCUT2D eigenvalue weighted by Gasteiger charge is -2.18. The molecule has 0 heterocycles. The summed E-state index contributed by atoms with van der Waals surface area (Å²) in [6.07, 6.45) is 1.16. The van der Waals surface area contributed by atoms with Gasteiger partial charge in [0.05, 0.1) is 6.21 Å². The molecule has 0 aliphatic heterocycles. The van der Waals surface area contributed by atoms with E-state index in [0.29, 0.717) is 22.6 Å². The summed E-state index contributed by atoms with van der Waals surface area (Å²) in [6.45, 7) is 6.34. The molecule has 158 valence electrons. The smallest absolute Gasteiger partial charge is 0.271 e. The van der Waals surface area contributed by atoms with Gasteiger partial charge in [-0.25, -0.2) is 5.43 Å². The zero-order valence-electron chi connectivity index (χ0n) is 17.7. The van der Waals surface area contributed by atoms with Gasteiger partial charge in [-0.3, -0.25) is 4.79 Å². The van der Waals surface area contributed by atoms with Crippen LogP contribution in [0.15, 0.2) is 89.1 Å². The molecule has 31 heavy (non-hydrogen) atoms. The highest BCUT2D eigenvalue weighted by atomic mass is 16.5. The van der Waals surface area contributed by atoms with Crippen LogP contribution < -0.4 is 10.2 Å². The van der Waals surface area contributed by atoms with Gasteiger partial charge in [0, 0.05) is 11.1 Å². The number of carbonyl (C=O) groups excluding carboxylic acids is 1. The normalized spacial score (nSPS) is 12.0. The van der Waals surface area contributed by atoms with Gasteiger partial charge in [-0.05, 0) is 59.5 Å². The first kappa shape index (κ1) is 21.8. The Morgan fingerprint density at radius 3 is 2.03 bits per heavy atom. The SMILES string of the molecule is CC(C)(C)c1ccc(C(=O)N/N=C(\C=N\O)c2ccc(Oc3ccccc3)cc2)cc1. The summed E-state index contributed by atoms with van der Waals surface area (Å²) in [6, 6.07) is 23.9.